The second kappa shape index (κ2) is 7.29. The molecule has 0 aromatic heterocycles. The number of hydrogen-bond donors (Lipinski definition) is 0. The van der Waals surface area contributed by atoms with Crippen molar-refractivity contribution in [3.05, 3.63) is 0 Å². The van der Waals surface area contributed by atoms with E-state index in [2.05, 4.69) is 4.74 Å². The topological polar surface area (TPSA) is 60.4 Å². The molecule has 0 aromatic carbocycles. The van der Waals surface area contributed by atoms with Gasteiger partial charge in [0.1, 0.15) is 17.5 Å². The van der Waals surface area contributed by atoms with Gasteiger partial charge in [-0.05, 0) is 19.3 Å². The molecule has 0 radical (unpaired) electrons. The number of hydrogen-bond acceptors (Lipinski definition) is 4. The molecule has 0 aromatic rings. The van der Waals surface area contributed by atoms with Gasteiger partial charge in [0.15, 0.2) is 0 Å². The maximum Gasteiger partial charge on any atom is 0.316 e. The third-order valence-electron chi connectivity index (χ3n) is 3.59. The van der Waals surface area contributed by atoms with E-state index in [1.54, 1.807) is 0 Å². The molecule has 1 rings (SSSR count). The summed E-state index contributed by atoms with van der Waals surface area (Å²) in [5, 5.41) is 0. The van der Waals surface area contributed by atoms with Crippen LogP contribution in [0.4, 0.5) is 0 Å². The minimum atomic E-state index is -0.886. The predicted octanol–water partition coefficient (Wildman–Crippen LogP) is 2.29. The molecule has 1 unspecified atom stereocenters. The molecular formula is C14H22O4. The molecule has 4 heteroatoms. The van der Waals surface area contributed by atoms with E-state index in [1.165, 1.54) is 7.11 Å². The highest BCUT2D eigenvalue weighted by Gasteiger charge is 2.32. The third kappa shape index (κ3) is 3.93. The monoisotopic (exact) mass is 254 g/mol. The number of methoxy groups -OCH3 is 1. The van der Waals surface area contributed by atoms with Crippen LogP contribution in [0.5, 0.6) is 0 Å². The van der Waals surface area contributed by atoms with E-state index in [-0.39, 0.29) is 23.9 Å². The van der Waals surface area contributed by atoms with Crippen molar-refractivity contribution in [3.8, 4) is 0 Å². The van der Waals surface area contributed by atoms with E-state index in [0.717, 1.165) is 25.7 Å². The van der Waals surface area contributed by atoms with E-state index in [4.69, 9.17) is 0 Å². The Hall–Kier alpha value is -1.19. The van der Waals surface area contributed by atoms with Crippen LogP contribution in [-0.2, 0) is 19.1 Å². The minimum absolute atomic E-state index is 0.0240. The summed E-state index contributed by atoms with van der Waals surface area (Å²) in [6, 6.07) is 0. The quantitative estimate of drug-likeness (QED) is 0.516. The highest BCUT2D eigenvalue weighted by atomic mass is 16.5. The van der Waals surface area contributed by atoms with Crippen molar-refractivity contribution >= 4 is 17.5 Å². The average Bonchev–Trinajstić information content (AvgIpc) is 2.88. The lowest BCUT2D eigenvalue weighted by molar-refractivity contribution is -0.151. The first-order valence-corrected chi connectivity index (χ1v) is 6.73. The van der Waals surface area contributed by atoms with Crippen molar-refractivity contribution in [2.24, 2.45) is 11.8 Å². The van der Waals surface area contributed by atoms with Crippen LogP contribution in [0.25, 0.3) is 0 Å². The first-order chi connectivity index (χ1) is 8.60. The van der Waals surface area contributed by atoms with Gasteiger partial charge in [-0.15, -0.1) is 0 Å². The number of carbonyl (C=O) groups is 3. The van der Waals surface area contributed by atoms with Crippen LogP contribution in [0.2, 0.25) is 0 Å². The average molecular weight is 254 g/mol. The fourth-order valence-electron chi connectivity index (χ4n) is 2.51. The summed E-state index contributed by atoms with van der Waals surface area (Å²) >= 11 is 0. The fraction of sp³-hybridized carbons (Fsp3) is 0.786. The largest absolute Gasteiger partial charge is 0.468 e. The zero-order valence-electron chi connectivity index (χ0n) is 11.2. The van der Waals surface area contributed by atoms with Crippen molar-refractivity contribution in [2.45, 2.75) is 51.9 Å². The molecule has 1 atom stereocenters. The molecule has 0 aliphatic heterocycles. The van der Waals surface area contributed by atoms with Crippen LogP contribution < -0.4 is 0 Å². The summed E-state index contributed by atoms with van der Waals surface area (Å²) in [4.78, 5) is 35.4. The first kappa shape index (κ1) is 14.9. The molecule has 102 valence electrons. The maximum absolute atomic E-state index is 12.0. The zero-order chi connectivity index (χ0) is 13.5. The molecule has 0 N–H and O–H groups in total. The van der Waals surface area contributed by atoms with Crippen molar-refractivity contribution < 1.29 is 19.1 Å². The number of esters is 1. The minimum Gasteiger partial charge on any atom is -0.468 e. The number of Topliss-reactive ketones (excluding diaryl/α,β-unsaturated/α-hetero) is 2. The SMILES string of the molecule is CCCC(=O)C(CC(=O)C1CCCC1)C(=O)OC. The molecule has 1 fully saturated rings. The van der Waals surface area contributed by atoms with Crippen LogP contribution in [-0.4, -0.2) is 24.6 Å². The Morgan fingerprint density at radius 2 is 1.83 bits per heavy atom. The van der Waals surface area contributed by atoms with Crippen molar-refractivity contribution in [1.82, 2.24) is 0 Å². The molecule has 1 saturated carbocycles. The molecule has 0 bridgehead atoms. The van der Waals surface area contributed by atoms with Gasteiger partial charge in [-0.2, -0.15) is 0 Å². The smallest absolute Gasteiger partial charge is 0.316 e. The molecule has 4 nitrogen and oxygen atoms in total. The van der Waals surface area contributed by atoms with Gasteiger partial charge in [0, 0.05) is 18.8 Å². The first-order valence-electron chi connectivity index (χ1n) is 6.73. The van der Waals surface area contributed by atoms with Gasteiger partial charge < -0.3 is 4.74 Å². The van der Waals surface area contributed by atoms with Gasteiger partial charge in [0.2, 0.25) is 0 Å². The van der Waals surface area contributed by atoms with Crippen LogP contribution >= 0.6 is 0 Å². The zero-order valence-corrected chi connectivity index (χ0v) is 11.2. The Morgan fingerprint density at radius 3 is 2.33 bits per heavy atom. The second-order valence-corrected chi connectivity index (χ2v) is 4.94. The summed E-state index contributed by atoms with van der Waals surface area (Å²) in [6.45, 7) is 1.88. The summed E-state index contributed by atoms with van der Waals surface area (Å²) < 4.78 is 4.63. The Kier molecular flexibility index (Phi) is 6.02. The maximum atomic E-state index is 12.0. The molecular weight excluding hydrogens is 232 g/mol. The molecule has 1 aliphatic rings. The van der Waals surface area contributed by atoms with Crippen LogP contribution in [0.3, 0.4) is 0 Å². The number of carbonyl (C=O) groups excluding carboxylic acids is 3. The van der Waals surface area contributed by atoms with E-state index >= 15 is 0 Å². The van der Waals surface area contributed by atoms with Gasteiger partial charge >= 0.3 is 5.97 Å². The highest BCUT2D eigenvalue weighted by Crippen LogP contribution is 2.28. The number of ether oxygens (including phenoxy) is 1. The van der Waals surface area contributed by atoms with Gasteiger partial charge in [0.05, 0.1) is 7.11 Å². The molecule has 18 heavy (non-hydrogen) atoms. The fourth-order valence-corrected chi connectivity index (χ4v) is 2.51. The Balaban J connectivity index is 2.62. The standard InChI is InChI=1S/C14H22O4/c1-3-6-12(15)11(14(17)18-2)9-13(16)10-7-4-5-8-10/h10-11H,3-9H2,1-2H3. The Bertz CT molecular complexity index is 316. The van der Waals surface area contributed by atoms with Crippen LogP contribution in [0.1, 0.15) is 51.9 Å². The van der Waals surface area contributed by atoms with Gasteiger partial charge in [-0.1, -0.05) is 19.8 Å². The summed E-state index contributed by atoms with van der Waals surface area (Å²) in [6.07, 6.45) is 4.98. The molecule has 0 amide bonds. The van der Waals surface area contributed by atoms with E-state index in [9.17, 15) is 14.4 Å². The second-order valence-electron chi connectivity index (χ2n) is 4.94. The molecule has 0 heterocycles. The Labute approximate surface area is 108 Å². The normalized spacial score (nSPS) is 17.4. The Morgan fingerprint density at radius 1 is 1.22 bits per heavy atom. The molecule has 0 saturated heterocycles. The molecule has 1 aliphatic carbocycles. The van der Waals surface area contributed by atoms with Crippen molar-refractivity contribution in [2.75, 3.05) is 7.11 Å². The van der Waals surface area contributed by atoms with Crippen LogP contribution in [0.15, 0.2) is 0 Å². The van der Waals surface area contributed by atoms with Gasteiger partial charge in [-0.3, -0.25) is 14.4 Å². The predicted molar refractivity (Wildman–Crippen MR) is 67.0 cm³/mol. The van der Waals surface area contributed by atoms with E-state index in [1.807, 2.05) is 6.92 Å². The lowest BCUT2D eigenvalue weighted by Crippen LogP contribution is -2.29. The summed E-state index contributed by atoms with van der Waals surface area (Å²) in [5.41, 5.74) is 0. The van der Waals surface area contributed by atoms with E-state index in [0.29, 0.717) is 12.8 Å². The van der Waals surface area contributed by atoms with Gasteiger partial charge in [-0.25, -0.2) is 0 Å². The number of ketones is 2. The van der Waals surface area contributed by atoms with Gasteiger partial charge in [0.25, 0.3) is 0 Å². The molecule has 0 spiro atoms. The lowest BCUT2D eigenvalue weighted by Gasteiger charge is -2.15. The van der Waals surface area contributed by atoms with Crippen LogP contribution in [0, 0.1) is 11.8 Å². The summed E-state index contributed by atoms with van der Waals surface area (Å²) in [7, 11) is 1.26. The van der Waals surface area contributed by atoms with E-state index < -0.39 is 11.9 Å². The van der Waals surface area contributed by atoms with Crippen molar-refractivity contribution in [3.63, 3.8) is 0 Å². The lowest BCUT2D eigenvalue weighted by atomic mass is 9.89. The number of rotatable bonds is 7. The summed E-state index contributed by atoms with van der Waals surface area (Å²) in [5.74, 6) is -1.53. The highest BCUT2D eigenvalue weighted by molar-refractivity contribution is 6.02. The van der Waals surface area contributed by atoms with Crippen molar-refractivity contribution in [1.29, 1.82) is 0 Å². The third-order valence-corrected chi connectivity index (χ3v) is 3.59.